The summed E-state index contributed by atoms with van der Waals surface area (Å²) in [6.07, 6.45) is 9.88. The van der Waals surface area contributed by atoms with Gasteiger partial charge in [0.25, 0.3) is 0 Å². The minimum Gasteiger partial charge on any atom is -0.494 e. The summed E-state index contributed by atoms with van der Waals surface area (Å²) in [7, 11) is 0. The van der Waals surface area contributed by atoms with Crippen LogP contribution in [-0.4, -0.2) is 36.4 Å². The van der Waals surface area contributed by atoms with Crippen molar-refractivity contribution in [2.75, 3.05) is 26.4 Å². The predicted octanol–water partition coefficient (Wildman–Crippen LogP) is 11.7. The van der Waals surface area contributed by atoms with Crippen molar-refractivity contribution >= 4 is 0 Å². The molecule has 2 heterocycles. The van der Waals surface area contributed by atoms with Crippen molar-refractivity contribution in [3.05, 3.63) is 178 Å². The van der Waals surface area contributed by atoms with Crippen LogP contribution in [-0.2, 0) is 0 Å². The van der Waals surface area contributed by atoms with Crippen molar-refractivity contribution in [3.63, 3.8) is 0 Å². The van der Waals surface area contributed by atoms with E-state index in [1.165, 1.54) is 0 Å². The number of ether oxygens (including phenoxy) is 4. The average molecular weight is 819 g/mol. The van der Waals surface area contributed by atoms with Gasteiger partial charge >= 0.3 is 0 Å². The molecule has 0 bridgehead atoms. The van der Waals surface area contributed by atoms with Crippen molar-refractivity contribution in [1.29, 1.82) is 0 Å². The van der Waals surface area contributed by atoms with Crippen molar-refractivity contribution < 1.29 is 18.9 Å². The van der Waals surface area contributed by atoms with Crippen LogP contribution in [0.25, 0.3) is 0 Å². The largest absolute Gasteiger partial charge is 0.494 e. The monoisotopic (exact) mass is 818 g/mol. The van der Waals surface area contributed by atoms with Crippen LogP contribution in [0.5, 0.6) is 23.0 Å². The molecule has 0 atom stereocenters. The van der Waals surface area contributed by atoms with Gasteiger partial charge in [0.1, 0.15) is 34.4 Å². The summed E-state index contributed by atoms with van der Waals surface area (Å²) in [4.78, 5) is 8.80. The van der Waals surface area contributed by atoms with Crippen LogP contribution in [0.2, 0.25) is 0 Å². The quantitative estimate of drug-likeness (QED) is 0.0806. The minimum atomic E-state index is 0.712. The van der Waals surface area contributed by atoms with Crippen LogP contribution >= 0.6 is 0 Å². The van der Waals surface area contributed by atoms with Gasteiger partial charge in [0.2, 0.25) is 0 Å². The normalized spacial score (nSPS) is 9.74. The lowest BCUT2D eigenvalue weighted by Gasteiger charge is -2.04. The Labute approximate surface area is 369 Å². The SMILES string of the molecule is CCCCOc1ccc(C#Cc2ccc(C#Cc3ccc(OCCCC)cc3)nc2)cc1.CCCOc1ccc(C#Cc2ccc(C#Cc3ccc(OCCC)cc3)nc2)cc1. The Kier molecular flexibility index (Phi) is 19.7. The molecule has 0 amide bonds. The van der Waals surface area contributed by atoms with E-state index in [-0.39, 0.29) is 0 Å². The van der Waals surface area contributed by atoms with E-state index in [0.29, 0.717) is 11.4 Å². The fourth-order valence-electron chi connectivity index (χ4n) is 5.29. The molecule has 0 aliphatic heterocycles. The van der Waals surface area contributed by atoms with E-state index in [2.05, 4.69) is 85.0 Å². The van der Waals surface area contributed by atoms with Gasteiger partial charge in [-0.25, -0.2) is 9.97 Å². The molecule has 6 nitrogen and oxygen atoms in total. The van der Waals surface area contributed by atoms with Crippen LogP contribution in [0, 0.1) is 47.4 Å². The van der Waals surface area contributed by atoms with E-state index in [1.54, 1.807) is 12.4 Å². The zero-order chi connectivity index (χ0) is 43.5. The van der Waals surface area contributed by atoms with Crippen LogP contribution < -0.4 is 18.9 Å². The smallest absolute Gasteiger partial charge is 0.119 e. The molecule has 6 rings (SSSR count). The van der Waals surface area contributed by atoms with Gasteiger partial charge in [-0.05, 0) is 159 Å². The highest BCUT2D eigenvalue weighted by atomic mass is 16.5. The molecule has 0 unspecified atom stereocenters. The highest BCUT2D eigenvalue weighted by Crippen LogP contribution is 2.15. The second-order valence-electron chi connectivity index (χ2n) is 14.1. The van der Waals surface area contributed by atoms with Crippen molar-refractivity contribution in [2.24, 2.45) is 0 Å². The molecule has 0 saturated heterocycles. The zero-order valence-electron chi connectivity index (χ0n) is 36.3. The predicted molar refractivity (Wildman–Crippen MR) is 251 cm³/mol. The lowest BCUT2D eigenvalue weighted by Crippen LogP contribution is -1.95. The van der Waals surface area contributed by atoms with Crippen molar-refractivity contribution in [1.82, 2.24) is 9.97 Å². The Morgan fingerprint density at radius 2 is 0.581 bits per heavy atom. The van der Waals surface area contributed by atoms with Gasteiger partial charge in [0, 0.05) is 45.8 Å². The number of unbranched alkanes of at least 4 members (excludes halogenated alkanes) is 2. The van der Waals surface area contributed by atoms with E-state index < -0.39 is 0 Å². The molecule has 2 aromatic heterocycles. The molecule has 4 aromatic carbocycles. The first kappa shape index (κ1) is 45.7. The maximum atomic E-state index is 5.68. The average Bonchev–Trinajstić information content (AvgIpc) is 3.32. The molecule has 0 spiro atoms. The zero-order valence-corrected chi connectivity index (χ0v) is 36.3. The summed E-state index contributed by atoms with van der Waals surface area (Å²) in [5.74, 6) is 28.5. The number of aromatic nitrogens is 2. The van der Waals surface area contributed by atoms with Gasteiger partial charge in [-0.1, -0.05) is 76.1 Å². The molecule has 0 N–H and O–H groups in total. The summed E-state index contributed by atoms with van der Waals surface area (Å²) in [5, 5.41) is 0. The number of benzene rings is 4. The van der Waals surface area contributed by atoms with Gasteiger partial charge in [-0.3, -0.25) is 0 Å². The first-order valence-electron chi connectivity index (χ1n) is 21.4. The van der Waals surface area contributed by atoms with Crippen molar-refractivity contribution in [3.8, 4) is 70.4 Å². The molecule has 6 aromatic rings. The van der Waals surface area contributed by atoms with Crippen LogP contribution in [0.15, 0.2) is 134 Å². The molecule has 0 radical (unpaired) electrons. The number of pyridine rings is 2. The van der Waals surface area contributed by atoms with Gasteiger partial charge in [-0.15, -0.1) is 0 Å². The van der Waals surface area contributed by atoms with E-state index >= 15 is 0 Å². The topological polar surface area (TPSA) is 62.7 Å². The summed E-state index contributed by atoms with van der Waals surface area (Å²) < 4.78 is 22.5. The Balaban J connectivity index is 0.000000235. The Morgan fingerprint density at radius 1 is 0.306 bits per heavy atom. The number of nitrogens with zero attached hydrogens (tertiary/aromatic N) is 2. The maximum absolute atomic E-state index is 5.68. The van der Waals surface area contributed by atoms with Gasteiger partial charge < -0.3 is 18.9 Å². The van der Waals surface area contributed by atoms with Crippen LogP contribution in [0.3, 0.4) is 0 Å². The van der Waals surface area contributed by atoms with Crippen LogP contribution in [0.4, 0.5) is 0 Å². The third-order valence-electron chi connectivity index (χ3n) is 8.80. The fourth-order valence-corrected chi connectivity index (χ4v) is 5.29. The summed E-state index contributed by atoms with van der Waals surface area (Å²) in [5.41, 5.74) is 6.87. The Hall–Kier alpha value is -7.38. The fraction of sp³-hybridized carbons (Fsp3) is 0.250. The molecule has 0 fully saturated rings. The van der Waals surface area contributed by atoms with E-state index in [9.17, 15) is 0 Å². The summed E-state index contributed by atoms with van der Waals surface area (Å²) in [6.45, 7) is 11.4. The lowest BCUT2D eigenvalue weighted by molar-refractivity contribution is 0.309. The molecular formula is C56H54N2O4. The Morgan fingerprint density at radius 3 is 0.855 bits per heavy atom. The Bertz CT molecular complexity index is 2300. The highest BCUT2D eigenvalue weighted by Gasteiger charge is 1.98. The van der Waals surface area contributed by atoms with Gasteiger partial charge in [0.05, 0.1) is 26.4 Å². The molecule has 6 heteroatoms. The molecule has 312 valence electrons. The lowest BCUT2D eigenvalue weighted by atomic mass is 10.2. The molecule has 62 heavy (non-hydrogen) atoms. The van der Waals surface area contributed by atoms with Crippen LogP contribution in [0.1, 0.15) is 111 Å². The minimum absolute atomic E-state index is 0.712. The number of rotatable bonds is 14. The second kappa shape index (κ2) is 26.7. The first-order chi connectivity index (χ1) is 30.5. The summed E-state index contributed by atoms with van der Waals surface area (Å²) >= 11 is 0. The van der Waals surface area contributed by atoms with Crippen molar-refractivity contribution in [2.45, 2.75) is 66.2 Å². The molecule has 0 aliphatic carbocycles. The third kappa shape index (κ3) is 17.1. The summed E-state index contributed by atoms with van der Waals surface area (Å²) in [6, 6.07) is 39.0. The first-order valence-corrected chi connectivity index (χ1v) is 21.4. The van der Waals surface area contributed by atoms with Gasteiger partial charge in [-0.2, -0.15) is 0 Å². The number of hydrogen-bond donors (Lipinski definition) is 0. The maximum Gasteiger partial charge on any atom is 0.119 e. The van der Waals surface area contributed by atoms with E-state index in [4.69, 9.17) is 18.9 Å². The number of hydrogen-bond acceptors (Lipinski definition) is 6. The highest BCUT2D eigenvalue weighted by molar-refractivity contribution is 5.48. The molecular weight excluding hydrogens is 765 g/mol. The van der Waals surface area contributed by atoms with Gasteiger partial charge in [0.15, 0.2) is 0 Å². The van der Waals surface area contributed by atoms with E-state index in [0.717, 1.165) is 121 Å². The second-order valence-corrected chi connectivity index (χ2v) is 14.1. The molecule has 0 saturated carbocycles. The third-order valence-corrected chi connectivity index (χ3v) is 8.80. The standard InChI is InChI=1S/C29H29NO2.C27H25NO2/c1-3-5-21-31-28-17-11-24(12-18-28)7-8-26-10-16-27(30-23-26)15-9-25-13-19-29(20-14-25)32-22-6-4-2;1-3-19-29-26-15-9-22(10-16-26)5-6-24-8-14-25(28-21-24)13-7-23-11-17-27(18-12-23)30-20-4-2/h10-14,16-20,23H,3-6,21-22H2,1-2H3;8-12,14-18,21H,3-4,19-20H2,1-2H3. The molecule has 0 aliphatic rings. The van der Waals surface area contributed by atoms with E-state index in [1.807, 2.05) is 121 Å².